The normalized spacial score (nSPS) is 21.6. The maximum absolute atomic E-state index is 12.4. The van der Waals surface area contributed by atoms with Crippen molar-refractivity contribution in [2.75, 3.05) is 6.54 Å². The van der Waals surface area contributed by atoms with Gasteiger partial charge in [-0.25, -0.2) is 4.79 Å². The summed E-state index contributed by atoms with van der Waals surface area (Å²) in [6.07, 6.45) is 4.77. The lowest BCUT2D eigenvalue weighted by Gasteiger charge is -2.29. The number of aliphatic hydroxyl groups is 1. The van der Waals surface area contributed by atoms with E-state index in [9.17, 15) is 9.90 Å². The second-order valence-electron chi connectivity index (χ2n) is 5.61. The summed E-state index contributed by atoms with van der Waals surface area (Å²) in [5.74, 6) is 0. The lowest BCUT2D eigenvalue weighted by molar-refractivity contribution is 0.115. The molecule has 0 aliphatic heterocycles. The number of hydrogen-bond donors (Lipinski definition) is 2. The number of nitrogens with one attached hydrogen (secondary N) is 1. The molecular weight excluding hydrogens is 264 g/mol. The molecule has 1 aliphatic rings. The Morgan fingerprint density at radius 2 is 1.95 bits per heavy atom. The lowest BCUT2D eigenvalue weighted by atomic mass is 9.93. The zero-order valence-electron chi connectivity index (χ0n) is 12.4. The first-order valence-corrected chi connectivity index (χ1v) is 7.57. The van der Waals surface area contributed by atoms with Gasteiger partial charge in [-0.2, -0.15) is 0 Å². The fourth-order valence-corrected chi connectivity index (χ4v) is 2.66. The van der Waals surface area contributed by atoms with Gasteiger partial charge < -0.3 is 15.3 Å². The van der Waals surface area contributed by atoms with Crippen LogP contribution in [0.5, 0.6) is 0 Å². The summed E-state index contributed by atoms with van der Waals surface area (Å²) in [6, 6.07) is 10.1. The molecule has 1 fully saturated rings. The van der Waals surface area contributed by atoms with E-state index in [4.69, 9.17) is 0 Å². The molecule has 2 rings (SSSR count). The van der Waals surface area contributed by atoms with Crippen molar-refractivity contribution in [1.29, 1.82) is 0 Å². The molecule has 4 heteroatoms. The standard InChI is InChI=1S/C17H24N2O2/c1-2-12-19(13-14-6-4-3-5-7-14)17(21)18-15-8-10-16(20)11-9-15/h2-7,15-16,20H,1,8-13H2,(H,18,21). The number of nitrogens with zero attached hydrogens (tertiary/aromatic N) is 1. The van der Waals surface area contributed by atoms with E-state index >= 15 is 0 Å². The van der Waals surface area contributed by atoms with E-state index in [1.54, 1.807) is 11.0 Å². The average molecular weight is 288 g/mol. The van der Waals surface area contributed by atoms with Crippen LogP contribution in [0.4, 0.5) is 4.79 Å². The molecule has 114 valence electrons. The molecular formula is C17H24N2O2. The number of aliphatic hydroxyl groups excluding tert-OH is 1. The molecule has 21 heavy (non-hydrogen) atoms. The zero-order chi connectivity index (χ0) is 15.1. The van der Waals surface area contributed by atoms with Crippen LogP contribution in [0.3, 0.4) is 0 Å². The summed E-state index contributed by atoms with van der Waals surface area (Å²) < 4.78 is 0. The van der Waals surface area contributed by atoms with Crippen molar-refractivity contribution in [2.45, 2.75) is 44.4 Å². The molecule has 0 atom stereocenters. The number of hydrogen-bond acceptors (Lipinski definition) is 2. The van der Waals surface area contributed by atoms with Crippen molar-refractivity contribution >= 4 is 6.03 Å². The predicted molar refractivity (Wildman–Crippen MR) is 83.8 cm³/mol. The van der Waals surface area contributed by atoms with Crippen LogP contribution in [0.15, 0.2) is 43.0 Å². The Kier molecular flexibility index (Phi) is 5.81. The van der Waals surface area contributed by atoms with E-state index in [0.29, 0.717) is 13.1 Å². The Balaban J connectivity index is 1.91. The third kappa shape index (κ3) is 4.90. The molecule has 0 aromatic heterocycles. The molecule has 0 radical (unpaired) electrons. The molecule has 1 aromatic carbocycles. The highest BCUT2D eigenvalue weighted by molar-refractivity contribution is 5.74. The smallest absolute Gasteiger partial charge is 0.318 e. The summed E-state index contributed by atoms with van der Waals surface area (Å²) in [4.78, 5) is 14.1. The molecule has 1 saturated carbocycles. The van der Waals surface area contributed by atoms with Crippen molar-refractivity contribution in [3.8, 4) is 0 Å². The molecule has 2 amide bonds. The first-order valence-electron chi connectivity index (χ1n) is 7.57. The minimum atomic E-state index is -0.202. The third-order valence-electron chi connectivity index (χ3n) is 3.88. The highest BCUT2D eigenvalue weighted by Crippen LogP contribution is 2.18. The van der Waals surface area contributed by atoms with Gasteiger partial charge >= 0.3 is 6.03 Å². The van der Waals surface area contributed by atoms with E-state index in [2.05, 4.69) is 11.9 Å². The van der Waals surface area contributed by atoms with Gasteiger partial charge in [0.25, 0.3) is 0 Å². The van der Waals surface area contributed by atoms with E-state index in [-0.39, 0.29) is 18.2 Å². The summed E-state index contributed by atoms with van der Waals surface area (Å²) in [6.45, 7) is 4.83. The van der Waals surface area contributed by atoms with Crippen molar-refractivity contribution in [2.24, 2.45) is 0 Å². The number of carbonyl (C=O) groups is 1. The zero-order valence-corrected chi connectivity index (χ0v) is 12.4. The maximum atomic E-state index is 12.4. The number of urea groups is 1. The van der Waals surface area contributed by atoms with Crippen LogP contribution in [0.2, 0.25) is 0 Å². The van der Waals surface area contributed by atoms with Gasteiger partial charge in [0.15, 0.2) is 0 Å². The molecule has 4 nitrogen and oxygen atoms in total. The Bertz CT molecular complexity index is 453. The molecule has 0 unspecified atom stereocenters. The lowest BCUT2D eigenvalue weighted by Crippen LogP contribution is -2.46. The van der Waals surface area contributed by atoms with Crippen molar-refractivity contribution < 1.29 is 9.90 Å². The molecule has 0 spiro atoms. The molecule has 0 bridgehead atoms. The molecule has 0 heterocycles. The van der Waals surface area contributed by atoms with Crippen LogP contribution in [0, 0.1) is 0 Å². The minimum Gasteiger partial charge on any atom is -0.393 e. The fraction of sp³-hybridized carbons (Fsp3) is 0.471. The predicted octanol–water partition coefficient (Wildman–Crippen LogP) is 2.69. The highest BCUT2D eigenvalue weighted by Gasteiger charge is 2.22. The Labute approximate surface area is 126 Å². The van der Waals surface area contributed by atoms with Crippen molar-refractivity contribution in [3.63, 3.8) is 0 Å². The maximum Gasteiger partial charge on any atom is 0.318 e. The van der Waals surface area contributed by atoms with Crippen LogP contribution in [0.1, 0.15) is 31.2 Å². The Morgan fingerprint density at radius 3 is 2.57 bits per heavy atom. The van der Waals surface area contributed by atoms with Crippen LogP contribution in [-0.4, -0.2) is 34.7 Å². The van der Waals surface area contributed by atoms with Crippen LogP contribution >= 0.6 is 0 Å². The van der Waals surface area contributed by atoms with Gasteiger partial charge in [-0.05, 0) is 31.2 Å². The Hall–Kier alpha value is -1.81. The largest absolute Gasteiger partial charge is 0.393 e. The van der Waals surface area contributed by atoms with Crippen molar-refractivity contribution in [3.05, 3.63) is 48.6 Å². The summed E-state index contributed by atoms with van der Waals surface area (Å²) >= 11 is 0. The molecule has 1 aliphatic carbocycles. The minimum absolute atomic E-state index is 0.0554. The fourth-order valence-electron chi connectivity index (χ4n) is 2.66. The van der Waals surface area contributed by atoms with Crippen LogP contribution < -0.4 is 5.32 Å². The van der Waals surface area contributed by atoms with Crippen LogP contribution in [-0.2, 0) is 6.54 Å². The van der Waals surface area contributed by atoms with E-state index in [0.717, 1.165) is 31.2 Å². The first kappa shape index (κ1) is 15.6. The summed E-state index contributed by atoms with van der Waals surface area (Å²) in [7, 11) is 0. The van der Waals surface area contributed by atoms with Gasteiger partial charge in [-0.3, -0.25) is 0 Å². The Morgan fingerprint density at radius 1 is 1.29 bits per heavy atom. The third-order valence-corrected chi connectivity index (χ3v) is 3.88. The van der Waals surface area contributed by atoms with E-state index in [1.165, 1.54) is 0 Å². The average Bonchev–Trinajstić information content (AvgIpc) is 2.50. The van der Waals surface area contributed by atoms with Gasteiger partial charge in [0.2, 0.25) is 0 Å². The summed E-state index contributed by atoms with van der Waals surface area (Å²) in [5.41, 5.74) is 1.11. The van der Waals surface area contributed by atoms with Gasteiger partial charge in [-0.15, -0.1) is 6.58 Å². The molecule has 0 saturated heterocycles. The van der Waals surface area contributed by atoms with E-state index in [1.807, 2.05) is 30.3 Å². The quantitative estimate of drug-likeness (QED) is 0.819. The first-order chi connectivity index (χ1) is 10.2. The van der Waals surface area contributed by atoms with Crippen molar-refractivity contribution in [1.82, 2.24) is 10.2 Å². The van der Waals surface area contributed by atoms with E-state index < -0.39 is 0 Å². The number of carbonyl (C=O) groups excluding carboxylic acids is 1. The molecule has 2 N–H and O–H groups in total. The van der Waals surface area contributed by atoms with Gasteiger partial charge in [0.05, 0.1) is 6.10 Å². The van der Waals surface area contributed by atoms with Gasteiger partial charge in [0, 0.05) is 19.1 Å². The monoisotopic (exact) mass is 288 g/mol. The summed E-state index contributed by atoms with van der Waals surface area (Å²) in [5, 5.41) is 12.6. The van der Waals surface area contributed by atoms with Crippen LogP contribution in [0.25, 0.3) is 0 Å². The number of benzene rings is 1. The topological polar surface area (TPSA) is 52.6 Å². The molecule has 1 aromatic rings. The second-order valence-corrected chi connectivity index (χ2v) is 5.61. The number of amides is 2. The highest BCUT2D eigenvalue weighted by atomic mass is 16.3. The second kappa shape index (κ2) is 7.84. The number of rotatable bonds is 5. The van der Waals surface area contributed by atoms with Gasteiger partial charge in [0.1, 0.15) is 0 Å². The SMILES string of the molecule is C=CCN(Cc1ccccc1)C(=O)NC1CCC(O)CC1. The van der Waals surface area contributed by atoms with Gasteiger partial charge in [-0.1, -0.05) is 36.4 Å².